The molecule has 7 heteroatoms. The highest BCUT2D eigenvalue weighted by molar-refractivity contribution is 7.92. The van der Waals surface area contributed by atoms with Crippen LogP contribution in [-0.2, 0) is 22.9 Å². The summed E-state index contributed by atoms with van der Waals surface area (Å²) in [6.07, 6.45) is 3.21. The molecule has 0 aliphatic heterocycles. The van der Waals surface area contributed by atoms with Crippen LogP contribution >= 0.6 is 0 Å². The summed E-state index contributed by atoms with van der Waals surface area (Å²) in [7, 11) is -3.71. The van der Waals surface area contributed by atoms with Gasteiger partial charge in [0.15, 0.2) is 0 Å². The smallest absolute Gasteiger partial charge is 0.335 e. The number of unbranched alkanes of at least 4 members (excludes halogenated alkanes) is 1. The molecule has 2 N–H and O–H groups in total. The molecular formula is C25H27NO5S. The van der Waals surface area contributed by atoms with Crippen LogP contribution in [0.3, 0.4) is 0 Å². The largest absolute Gasteiger partial charge is 0.494 e. The van der Waals surface area contributed by atoms with Crippen molar-refractivity contribution >= 4 is 21.7 Å². The predicted molar refractivity (Wildman–Crippen MR) is 125 cm³/mol. The molecule has 6 nitrogen and oxygen atoms in total. The lowest BCUT2D eigenvalue weighted by molar-refractivity contribution is 0.0695. The van der Waals surface area contributed by atoms with Gasteiger partial charge in [-0.2, -0.15) is 0 Å². The monoisotopic (exact) mass is 453 g/mol. The Morgan fingerprint density at radius 2 is 1.62 bits per heavy atom. The molecule has 0 amide bonds. The van der Waals surface area contributed by atoms with Gasteiger partial charge in [-0.3, -0.25) is 4.72 Å². The molecule has 0 heterocycles. The molecule has 0 unspecified atom stereocenters. The Balaban J connectivity index is 1.60. The molecule has 32 heavy (non-hydrogen) atoms. The summed E-state index contributed by atoms with van der Waals surface area (Å²) in [5, 5.41) is 9.29. The Morgan fingerprint density at radius 3 is 2.28 bits per heavy atom. The third-order valence-electron chi connectivity index (χ3n) is 5.04. The molecule has 3 aromatic carbocycles. The first-order valence-corrected chi connectivity index (χ1v) is 12.0. The van der Waals surface area contributed by atoms with Gasteiger partial charge >= 0.3 is 5.97 Å². The second kappa shape index (κ2) is 10.8. The summed E-state index contributed by atoms with van der Waals surface area (Å²) in [4.78, 5) is 11.5. The van der Waals surface area contributed by atoms with Gasteiger partial charge in [0.05, 0.1) is 17.1 Å². The van der Waals surface area contributed by atoms with Gasteiger partial charge in [-0.25, -0.2) is 13.2 Å². The van der Waals surface area contributed by atoms with Crippen LogP contribution in [0.5, 0.6) is 5.75 Å². The van der Waals surface area contributed by atoms with Gasteiger partial charge in [-0.15, -0.1) is 0 Å². The minimum Gasteiger partial charge on any atom is -0.494 e. The van der Waals surface area contributed by atoms with E-state index in [1.807, 2.05) is 24.3 Å². The number of hydrogen-bond acceptors (Lipinski definition) is 4. The number of benzene rings is 3. The van der Waals surface area contributed by atoms with Crippen LogP contribution < -0.4 is 9.46 Å². The summed E-state index contributed by atoms with van der Waals surface area (Å²) >= 11 is 0. The van der Waals surface area contributed by atoms with E-state index in [4.69, 9.17) is 4.74 Å². The molecule has 0 spiro atoms. The average molecular weight is 454 g/mol. The van der Waals surface area contributed by atoms with Crippen LogP contribution in [0.2, 0.25) is 0 Å². The fraction of sp³-hybridized carbons (Fsp3) is 0.240. The van der Waals surface area contributed by atoms with Crippen molar-refractivity contribution in [3.8, 4) is 5.75 Å². The van der Waals surface area contributed by atoms with Gasteiger partial charge in [0.1, 0.15) is 5.75 Å². The number of anilines is 1. The molecule has 0 radical (unpaired) electrons. The van der Waals surface area contributed by atoms with E-state index in [0.29, 0.717) is 36.4 Å². The quantitative estimate of drug-likeness (QED) is 0.392. The number of sulfonamides is 1. The van der Waals surface area contributed by atoms with E-state index in [9.17, 15) is 18.3 Å². The molecule has 3 rings (SSSR count). The van der Waals surface area contributed by atoms with E-state index in [2.05, 4.69) is 11.6 Å². The molecule has 0 aromatic heterocycles. The molecule has 0 saturated carbocycles. The molecule has 0 aliphatic carbocycles. The molecule has 0 saturated heterocycles. The fourth-order valence-corrected chi connectivity index (χ4v) is 4.29. The van der Waals surface area contributed by atoms with Crippen LogP contribution in [-0.4, -0.2) is 26.1 Å². The van der Waals surface area contributed by atoms with Gasteiger partial charge in [0.2, 0.25) is 0 Å². The Bertz CT molecular complexity index is 1140. The molecule has 168 valence electrons. The van der Waals surface area contributed by atoms with Crippen molar-refractivity contribution in [3.63, 3.8) is 0 Å². The van der Waals surface area contributed by atoms with Gasteiger partial charge in [-0.1, -0.05) is 43.7 Å². The maximum absolute atomic E-state index is 12.7. The third-order valence-corrected chi connectivity index (χ3v) is 6.43. The number of aryl methyl sites for hydroxylation is 2. The number of aromatic carboxylic acids is 1. The molecule has 0 fully saturated rings. The Labute approximate surface area is 188 Å². The second-order valence-electron chi connectivity index (χ2n) is 7.44. The van der Waals surface area contributed by atoms with Crippen molar-refractivity contribution in [2.75, 3.05) is 11.3 Å². The van der Waals surface area contributed by atoms with Crippen LogP contribution in [0.25, 0.3) is 0 Å². The van der Waals surface area contributed by atoms with Gasteiger partial charge in [0.25, 0.3) is 10.0 Å². The number of carboxylic acid groups (broad SMARTS) is 1. The van der Waals surface area contributed by atoms with Crippen molar-refractivity contribution in [1.29, 1.82) is 0 Å². The van der Waals surface area contributed by atoms with E-state index in [-0.39, 0.29) is 4.90 Å². The maximum atomic E-state index is 12.7. The lowest BCUT2D eigenvalue weighted by Gasteiger charge is -2.11. The van der Waals surface area contributed by atoms with Gasteiger partial charge < -0.3 is 9.84 Å². The maximum Gasteiger partial charge on any atom is 0.335 e. The lowest BCUT2D eigenvalue weighted by atomic mass is 10.00. The topological polar surface area (TPSA) is 92.7 Å². The highest BCUT2D eigenvalue weighted by atomic mass is 32.2. The van der Waals surface area contributed by atoms with Crippen LogP contribution in [0.15, 0.2) is 77.7 Å². The van der Waals surface area contributed by atoms with Crippen molar-refractivity contribution in [2.45, 2.75) is 37.5 Å². The Kier molecular flexibility index (Phi) is 7.89. The number of carboxylic acids is 1. The zero-order valence-corrected chi connectivity index (χ0v) is 18.8. The number of ether oxygens (including phenoxy) is 1. The van der Waals surface area contributed by atoms with Crippen molar-refractivity contribution in [2.24, 2.45) is 0 Å². The van der Waals surface area contributed by atoms with Crippen LogP contribution in [0.4, 0.5) is 5.69 Å². The Morgan fingerprint density at radius 1 is 0.938 bits per heavy atom. The number of nitrogens with one attached hydrogen (secondary N) is 1. The minimum absolute atomic E-state index is 0.162. The second-order valence-corrected chi connectivity index (χ2v) is 9.12. The van der Waals surface area contributed by atoms with E-state index in [0.717, 1.165) is 24.0 Å². The summed E-state index contributed by atoms with van der Waals surface area (Å²) in [5.74, 6) is -0.294. The highest BCUT2D eigenvalue weighted by Gasteiger charge is 2.14. The Hall–Kier alpha value is -3.32. The van der Waals surface area contributed by atoms with Crippen LogP contribution in [0, 0.1) is 0 Å². The fourth-order valence-electron chi connectivity index (χ4n) is 3.23. The number of carbonyl (C=O) groups is 1. The van der Waals surface area contributed by atoms with Gasteiger partial charge in [0, 0.05) is 5.69 Å². The number of hydrogen-bond donors (Lipinski definition) is 2. The third kappa shape index (κ3) is 6.34. The zero-order valence-electron chi connectivity index (χ0n) is 18.0. The predicted octanol–water partition coefficient (Wildman–Crippen LogP) is 5.15. The standard InChI is InChI=1S/C25H27NO5S/c1-2-3-18-31-22-14-16-23(17-15-22)32(29,30)26-21-12-9-19(10-13-21)8-11-20-6-4-5-7-24(20)25(27)28/h4-7,9-10,12-17,26H,2-3,8,11,18H2,1H3,(H,27,28). The first-order chi connectivity index (χ1) is 15.4. The molecular weight excluding hydrogens is 426 g/mol. The molecule has 0 bridgehead atoms. The van der Waals surface area contributed by atoms with E-state index >= 15 is 0 Å². The minimum atomic E-state index is -3.71. The summed E-state index contributed by atoms with van der Waals surface area (Å²) in [5.41, 5.74) is 2.52. The van der Waals surface area contributed by atoms with E-state index in [1.54, 1.807) is 36.4 Å². The normalized spacial score (nSPS) is 11.2. The molecule has 3 aromatic rings. The van der Waals surface area contributed by atoms with Crippen LogP contribution in [0.1, 0.15) is 41.3 Å². The first-order valence-electron chi connectivity index (χ1n) is 10.5. The summed E-state index contributed by atoms with van der Waals surface area (Å²) < 4.78 is 33.5. The lowest BCUT2D eigenvalue weighted by Crippen LogP contribution is -2.13. The SMILES string of the molecule is CCCCOc1ccc(S(=O)(=O)Nc2ccc(CCc3ccccc3C(=O)O)cc2)cc1. The van der Waals surface area contributed by atoms with E-state index in [1.165, 1.54) is 12.1 Å². The van der Waals surface area contributed by atoms with Crippen molar-refractivity contribution in [1.82, 2.24) is 0 Å². The zero-order chi connectivity index (χ0) is 23.0. The summed E-state index contributed by atoms with van der Waals surface area (Å²) in [6.45, 7) is 2.69. The molecule has 0 aliphatic rings. The molecule has 0 atom stereocenters. The first kappa shape index (κ1) is 23.3. The van der Waals surface area contributed by atoms with Gasteiger partial charge in [-0.05, 0) is 72.9 Å². The average Bonchev–Trinajstić information content (AvgIpc) is 2.79. The summed E-state index contributed by atoms with van der Waals surface area (Å²) in [6, 6.07) is 20.4. The van der Waals surface area contributed by atoms with Crippen molar-refractivity contribution < 1.29 is 23.1 Å². The van der Waals surface area contributed by atoms with Crippen molar-refractivity contribution in [3.05, 3.63) is 89.5 Å². The van der Waals surface area contributed by atoms with E-state index < -0.39 is 16.0 Å². The highest BCUT2D eigenvalue weighted by Crippen LogP contribution is 2.21. The number of rotatable bonds is 11.